The summed E-state index contributed by atoms with van der Waals surface area (Å²) in [6.45, 7) is 12.0. The second-order valence-corrected chi connectivity index (χ2v) is 12.9. The van der Waals surface area contributed by atoms with Crippen molar-refractivity contribution < 1.29 is 16.0 Å². The molecule has 244 valence electrons. The van der Waals surface area contributed by atoms with E-state index >= 15 is 0 Å². The van der Waals surface area contributed by atoms with E-state index in [1.54, 1.807) is 13.0 Å². The van der Waals surface area contributed by atoms with E-state index in [1.807, 2.05) is 74.1 Å². The van der Waals surface area contributed by atoms with E-state index in [4.69, 9.17) is 6.85 Å². The Hall–Kier alpha value is -4.82. The minimum Gasteiger partial charge on any atom is -0.201 e. The van der Waals surface area contributed by atoms with Crippen molar-refractivity contribution in [2.75, 3.05) is 0 Å². The number of hydrogen-bond acceptors (Lipinski definition) is 0. The molecule has 0 aliphatic heterocycles. The van der Waals surface area contributed by atoms with Gasteiger partial charge in [-0.05, 0) is 122 Å². The summed E-state index contributed by atoms with van der Waals surface area (Å²) in [7, 11) is 4.04. The first kappa shape index (κ1) is 28.2. The maximum atomic E-state index is 8.06. The van der Waals surface area contributed by atoms with Gasteiger partial charge in [-0.2, -0.15) is 0 Å². The van der Waals surface area contributed by atoms with Gasteiger partial charge in [-0.15, -0.1) is 0 Å². The smallest absolute Gasteiger partial charge is 0.201 e. The number of nitrogens with zero attached hydrogens (tertiary/aromatic N) is 2. The molecule has 0 spiro atoms. The molecule has 0 saturated carbocycles. The lowest BCUT2D eigenvalue weighted by atomic mass is 9.92. The molecule has 48 heavy (non-hydrogen) atoms. The second-order valence-electron chi connectivity index (χ2n) is 12.9. The molecule has 0 radical (unpaired) electrons. The number of benzene rings is 4. The lowest BCUT2D eigenvalue weighted by molar-refractivity contribution is -0.661. The van der Waals surface area contributed by atoms with Gasteiger partial charge in [-0.3, -0.25) is 0 Å². The van der Waals surface area contributed by atoms with Crippen molar-refractivity contribution in [2.24, 2.45) is 14.1 Å². The van der Waals surface area contributed by atoms with Crippen LogP contribution < -0.4 is 9.13 Å². The summed E-state index contributed by atoms with van der Waals surface area (Å²) in [6, 6.07) is 32.9. The van der Waals surface area contributed by atoms with Crippen molar-refractivity contribution in [2.45, 2.75) is 68.1 Å². The lowest BCUT2D eigenvalue weighted by Crippen LogP contribution is -2.32. The van der Waals surface area contributed by atoms with Gasteiger partial charge in [0.25, 0.3) is 0 Å². The number of aryl methyl sites for hydroxylation is 10. The summed E-state index contributed by atoms with van der Waals surface area (Å²) in [5.41, 5.74) is 16.7. The molecule has 2 heteroatoms. The maximum absolute atomic E-state index is 8.06. The monoisotopic (exact) mass is 637 g/mol. The number of pyridine rings is 2. The average Bonchev–Trinajstić information content (AvgIpc) is 3.10. The molecule has 0 bridgehead atoms. The first-order valence-electron chi connectivity index (χ1n) is 19.3. The van der Waals surface area contributed by atoms with Crippen molar-refractivity contribution in [3.63, 3.8) is 0 Å². The van der Waals surface area contributed by atoms with Crippen LogP contribution in [0, 0.1) is 41.5 Å². The van der Waals surface area contributed by atoms with E-state index in [1.165, 1.54) is 44.6 Å². The molecule has 0 saturated heterocycles. The van der Waals surface area contributed by atoms with Gasteiger partial charge in [0.05, 0.1) is 0 Å². The largest absolute Gasteiger partial charge is 0.212 e. The van der Waals surface area contributed by atoms with Crippen LogP contribution in [-0.4, -0.2) is 0 Å². The molecule has 6 rings (SSSR count). The van der Waals surface area contributed by atoms with E-state index in [9.17, 15) is 0 Å². The molecule has 0 N–H and O–H groups in total. The highest BCUT2D eigenvalue weighted by atomic mass is 14.9. The Morgan fingerprint density at radius 1 is 0.500 bits per heavy atom. The van der Waals surface area contributed by atoms with Crippen LogP contribution in [0.5, 0.6) is 0 Å². The van der Waals surface area contributed by atoms with Crippen LogP contribution in [0.25, 0.3) is 44.8 Å². The Labute approximate surface area is 296 Å². The molecule has 2 heterocycles. The molecule has 0 amide bonds. The third-order valence-corrected chi connectivity index (χ3v) is 9.38. The Balaban J connectivity index is 0.000000208. The molecule has 2 nitrogen and oxygen atoms in total. The predicted octanol–water partition coefficient (Wildman–Crippen LogP) is 10.7. The first-order valence-corrected chi connectivity index (χ1v) is 16.8. The molecule has 0 atom stereocenters. The Bertz CT molecular complexity index is 2250. The molecule has 2 aromatic heterocycles. The Kier molecular flexibility index (Phi) is 8.79. The molecule has 0 aliphatic rings. The van der Waals surface area contributed by atoms with Gasteiger partial charge < -0.3 is 0 Å². The average molecular weight is 638 g/mol. The van der Waals surface area contributed by atoms with Crippen LogP contribution >= 0.6 is 0 Å². The zero-order valence-electron chi connectivity index (χ0n) is 35.0. The predicted molar refractivity (Wildman–Crippen MR) is 204 cm³/mol. The summed E-state index contributed by atoms with van der Waals surface area (Å²) in [4.78, 5) is 0. The highest BCUT2D eigenvalue weighted by molar-refractivity contribution is 5.77. The molecular formula is C46H52N2+2. The standard InChI is InChI=1S/2C23H26N/c2*1-6-19-15-24(5)23(13-16(19)2)22-14-21(17(3)12-18(22)4)20-10-8-7-9-11-20/h2*7-15H,6H2,1-5H3/q2*+1/i3D3,6D2;. The molecule has 0 unspecified atom stereocenters. The van der Waals surface area contributed by atoms with Gasteiger partial charge in [0, 0.05) is 41.2 Å². The van der Waals surface area contributed by atoms with Crippen LogP contribution in [0.2, 0.25) is 0 Å². The molecule has 6 aromatic rings. The van der Waals surface area contributed by atoms with Crippen LogP contribution in [0.15, 0.2) is 109 Å². The lowest BCUT2D eigenvalue weighted by Gasteiger charge is -2.13. The summed E-state index contributed by atoms with van der Waals surface area (Å²) in [6.07, 6.45) is 3.73. The molecule has 0 fully saturated rings. The summed E-state index contributed by atoms with van der Waals surface area (Å²) in [5, 5.41) is 0. The molecule has 0 aliphatic carbocycles. The van der Waals surface area contributed by atoms with Crippen LogP contribution in [0.4, 0.5) is 0 Å². The quantitative estimate of drug-likeness (QED) is 0.161. The highest BCUT2D eigenvalue weighted by Gasteiger charge is 2.19. The van der Waals surface area contributed by atoms with Crippen LogP contribution in [-0.2, 0) is 26.9 Å². The SMILES string of the molecule is CCc1c[n+](C)c(-c2cc(-c3ccccc3)c(C)cc2C)cc1C.[2H]C([2H])([2H])c1cc(C)c(-c2cc(C)c(C([2H])([2H])C)c[n+]2C)cc1-c1ccccc1. The zero-order valence-corrected chi connectivity index (χ0v) is 30.0. The maximum Gasteiger partial charge on any atom is 0.212 e. The molecule has 4 aromatic carbocycles. The van der Waals surface area contributed by atoms with Crippen LogP contribution in [0.1, 0.15) is 65.2 Å². The number of aromatic nitrogens is 2. The number of hydrogen-bond donors (Lipinski definition) is 0. The molecular weight excluding hydrogens is 581 g/mol. The minimum absolute atomic E-state index is 0.339. The normalized spacial score (nSPS) is 13.0. The van der Waals surface area contributed by atoms with Gasteiger partial charge in [0.15, 0.2) is 12.4 Å². The number of rotatable bonds is 6. The van der Waals surface area contributed by atoms with Crippen molar-refractivity contribution in [3.8, 4) is 44.8 Å². The summed E-state index contributed by atoms with van der Waals surface area (Å²) < 4.78 is 44.3. The fourth-order valence-corrected chi connectivity index (χ4v) is 6.62. The van der Waals surface area contributed by atoms with Gasteiger partial charge in [0.2, 0.25) is 11.4 Å². The topological polar surface area (TPSA) is 7.76 Å². The van der Waals surface area contributed by atoms with Gasteiger partial charge in [-0.25, -0.2) is 9.13 Å². The summed E-state index contributed by atoms with van der Waals surface area (Å²) in [5.74, 6) is 0. The van der Waals surface area contributed by atoms with Gasteiger partial charge >= 0.3 is 0 Å². The van der Waals surface area contributed by atoms with E-state index in [0.29, 0.717) is 16.7 Å². The van der Waals surface area contributed by atoms with E-state index in [-0.39, 0.29) is 0 Å². The van der Waals surface area contributed by atoms with Gasteiger partial charge in [0.1, 0.15) is 14.1 Å². The fourth-order valence-electron chi connectivity index (χ4n) is 6.62. The highest BCUT2D eigenvalue weighted by Crippen LogP contribution is 2.33. The fraction of sp³-hybridized carbons (Fsp3) is 0.261. The minimum atomic E-state index is -2.21. The zero-order chi connectivity index (χ0) is 38.8. The van der Waals surface area contributed by atoms with E-state index < -0.39 is 13.2 Å². The van der Waals surface area contributed by atoms with E-state index in [0.717, 1.165) is 34.4 Å². The Morgan fingerprint density at radius 3 is 1.38 bits per heavy atom. The summed E-state index contributed by atoms with van der Waals surface area (Å²) >= 11 is 0. The van der Waals surface area contributed by atoms with Crippen molar-refractivity contribution in [1.29, 1.82) is 0 Å². The van der Waals surface area contributed by atoms with Crippen LogP contribution in [0.3, 0.4) is 0 Å². The Morgan fingerprint density at radius 2 is 0.917 bits per heavy atom. The third kappa shape index (κ3) is 7.34. The van der Waals surface area contributed by atoms with E-state index in [2.05, 4.69) is 94.0 Å². The second kappa shape index (κ2) is 14.9. The van der Waals surface area contributed by atoms with Crippen molar-refractivity contribution in [1.82, 2.24) is 0 Å². The third-order valence-electron chi connectivity index (χ3n) is 9.38. The first-order chi connectivity index (χ1) is 24.9. The van der Waals surface area contributed by atoms with Gasteiger partial charge in [-0.1, -0.05) is 86.6 Å². The van der Waals surface area contributed by atoms with Crippen molar-refractivity contribution in [3.05, 3.63) is 154 Å². The van der Waals surface area contributed by atoms with Crippen molar-refractivity contribution >= 4 is 0 Å².